The number of rotatable bonds is 5. The zero-order valence-electron chi connectivity index (χ0n) is 18.1. The summed E-state index contributed by atoms with van der Waals surface area (Å²) in [5.74, 6) is 1.84. The summed E-state index contributed by atoms with van der Waals surface area (Å²) in [6.45, 7) is 0. The molecule has 0 radical (unpaired) electrons. The van der Waals surface area contributed by atoms with Crippen molar-refractivity contribution in [3.63, 3.8) is 0 Å². The molecule has 34 heavy (non-hydrogen) atoms. The Labute approximate surface area is 210 Å². The molecule has 0 bridgehead atoms. The molecule has 2 aromatic heterocycles. The van der Waals surface area contributed by atoms with Gasteiger partial charge in [-0.15, -0.1) is 0 Å². The average molecular weight is 583 g/mol. The lowest BCUT2D eigenvalue weighted by Crippen LogP contribution is -2.20. The van der Waals surface area contributed by atoms with Crippen molar-refractivity contribution < 1.29 is 13.9 Å². The number of hydrogen-bond acceptors (Lipinski definition) is 6. The number of furan rings is 1. The molecule has 5 aromatic rings. The van der Waals surface area contributed by atoms with Gasteiger partial charge >= 0.3 is 0 Å². The van der Waals surface area contributed by atoms with Gasteiger partial charge in [-0.05, 0) is 64.5 Å². The van der Waals surface area contributed by atoms with Gasteiger partial charge in [0.25, 0.3) is 5.56 Å². The van der Waals surface area contributed by atoms with Crippen molar-refractivity contribution >= 4 is 59.9 Å². The average Bonchev–Trinajstić information content (AvgIpc) is 3.26. The van der Waals surface area contributed by atoms with Crippen molar-refractivity contribution in [1.29, 1.82) is 0 Å². The molecule has 0 aliphatic carbocycles. The van der Waals surface area contributed by atoms with E-state index in [2.05, 4.69) is 37.0 Å². The Morgan fingerprint density at radius 3 is 2.56 bits per heavy atom. The normalized spacial score (nSPS) is 11.5. The smallest absolute Gasteiger partial charge is 0.282 e. The Kier molecular flexibility index (Phi) is 5.97. The third-order valence-electron chi connectivity index (χ3n) is 5.27. The number of fused-ring (bicyclic) bond motifs is 2. The highest BCUT2D eigenvalue weighted by Gasteiger charge is 2.17. The second-order valence-electron chi connectivity index (χ2n) is 7.34. The number of benzene rings is 3. The number of aromatic nitrogens is 2. The molecule has 0 fully saturated rings. The fraction of sp³-hybridized carbons (Fsp3) is 0.0800. The maximum atomic E-state index is 13.4. The molecular formula is C25H17Br2N3O4. The minimum atomic E-state index is -0.310. The van der Waals surface area contributed by atoms with E-state index in [1.165, 1.54) is 4.68 Å². The Hall–Kier alpha value is -3.43. The summed E-state index contributed by atoms with van der Waals surface area (Å²) in [6, 6.07) is 18.2. The molecule has 0 atom stereocenters. The van der Waals surface area contributed by atoms with Crippen LogP contribution in [0.4, 0.5) is 0 Å². The lowest BCUT2D eigenvalue weighted by atomic mass is 10.2. The van der Waals surface area contributed by atoms with Crippen LogP contribution >= 0.6 is 31.9 Å². The van der Waals surface area contributed by atoms with Gasteiger partial charge in [0.2, 0.25) is 5.82 Å². The number of para-hydroxylation sites is 1. The predicted molar refractivity (Wildman–Crippen MR) is 139 cm³/mol. The Morgan fingerprint density at radius 2 is 1.76 bits per heavy atom. The maximum absolute atomic E-state index is 13.4. The van der Waals surface area contributed by atoms with Gasteiger partial charge in [0.05, 0.1) is 31.3 Å². The third kappa shape index (κ3) is 4.01. The maximum Gasteiger partial charge on any atom is 0.282 e. The molecule has 2 heterocycles. The number of ether oxygens (including phenoxy) is 2. The van der Waals surface area contributed by atoms with E-state index < -0.39 is 0 Å². The fourth-order valence-corrected chi connectivity index (χ4v) is 4.41. The molecule has 0 aliphatic rings. The predicted octanol–water partition coefficient (Wildman–Crippen LogP) is 6.23. The molecule has 0 spiro atoms. The molecule has 170 valence electrons. The summed E-state index contributed by atoms with van der Waals surface area (Å²) in [6.07, 6.45) is 1.56. The number of methoxy groups -OCH3 is 2. The van der Waals surface area contributed by atoms with Crippen molar-refractivity contribution in [2.75, 3.05) is 14.2 Å². The molecule has 0 amide bonds. The van der Waals surface area contributed by atoms with Crippen LogP contribution in [-0.2, 0) is 0 Å². The molecule has 0 saturated heterocycles. The van der Waals surface area contributed by atoms with Crippen molar-refractivity contribution in [3.8, 4) is 23.1 Å². The fourth-order valence-electron chi connectivity index (χ4n) is 3.60. The standard InChI is InChI=1S/C25H17Br2N3O4/c1-32-21-11-15(18(27)12-22(21)33-2)13-28-30-24(29-19-6-4-3-5-17(19)25(30)31)23-10-14-9-16(26)7-8-20(14)34-23/h3-13H,1-2H3. The van der Waals surface area contributed by atoms with E-state index in [4.69, 9.17) is 18.9 Å². The van der Waals surface area contributed by atoms with E-state index in [0.717, 1.165) is 14.3 Å². The van der Waals surface area contributed by atoms with Crippen molar-refractivity contribution in [2.45, 2.75) is 0 Å². The second kappa shape index (κ2) is 9.08. The third-order valence-corrected chi connectivity index (χ3v) is 6.45. The van der Waals surface area contributed by atoms with Gasteiger partial charge in [-0.1, -0.05) is 28.1 Å². The van der Waals surface area contributed by atoms with Gasteiger partial charge in [-0.25, -0.2) is 4.98 Å². The van der Waals surface area contributed by atoms with Crippen LogP contribution in [0.1, 0.15) is 5.56 Å². The first-order valence-electron chi connectivity index (χ1n) is 10.2. The van der Waals surface area contributed by atoms with E-state index in [1.807, 2.05) is 30.3 Å². The van der Waals surface area contributed by atoms with E-state index in [-0.39, 0.29) is 5.56 Å². The molecule has 9 heteroatoms. The largest absolute Gasteiger partial charge is 0.493 e. The van der Waals surface area contributed by atoms with Crippen LogP contribution in [0, 0.1) is 0 Å². The van der Waals surface area contributed by atoms with Crippen molar-refractivity contribution in [1.82, 2.24) is 9.66 Å². The second-order valence-corrected chi connectivity index (χ2v) is 9.11. The van der Waals surface area contributed by atoms with Gasteiger partial charge in [0.1, 0.15) is 5.58 Å². The van der Waals surface area contributed by atoms with Crippen LogP contribution in [0.25, 0.3) is 33.5 Å². The number of halogens is 2. The molecular weight excluding hydrogens is 566 g/mol. The molecule has 0 aliphatic heterocycles. The molecule has 0 N–H and O–H groups in total. The number of nitrogens with zero attached hydrogens (tertiary/aromatic N) is 3. The first kappa shape index (κ1) is 22.4. The SMILES string of the molecule is COc1cc(Br)c(C=Nn2c(-c3cc4cc(Br)ccc4o3)nc3ccccc3c2=O)cc1OC. The van der Waals surface area contributed by atoms with E-state index in [1.54, 1.807) is 50.8 Å². The first-order chi connectivity index (χ1) is 16.5. The van der Waals surface area contributed by atoms with Crippen LogP contribution < -0.4 is 15.0 Å². The van der Waals surface area contributed by atoms with Gasteiger partial charge < -0.3 is 13.9 Å². The molecule has 3 aromatic carbocycles. The Balaban J connectivity index is 1.71. The summed E-state index contributed by atoms with van der Waals surface area (Å²) in [4.78, 5) is 18.1. The summed E-state index contributed by atoms with van der Waals surface area (Å²) in [7, 11) is 3.12. The molecule has 7 nitrogen and oxygen atoms in total. The monoisotopic (exact) mass is 581 g/mol. The summed E-state index contributed by atoms with van der Waals surface area (Å²) in [5.41, 5.74) is 1.62. The zero-order valence-corrected chi connectivity index (χ0v) is 21.3. The lowest BCUT2D eigenvalue weighted by molar-refractivity contribution is 0.354. The van der Waals surface area contributed by atoms with Crippen LogP contribution in [0.5, 0.6) is 11.5 Å². The quantitative estimate of drug-likeness (QED) is 0.229. The van der Waals surface area contributed by atoms with E-state index in [9.17, 15) is 4.79 Å². The highest BCUT2D eigenvalue weighted by molar-refractivity contribution is 9.10. The topological polar surface area (TPSA) is 78.9 Å². The molecule has 0 saturated carbocycles. The minimum absolute atomic E-state index is 0.295. The van der Waals surface area contributed by atoms with Crippen molar-refractivity contribution in [2.24, 2.45) is 5.10 Å². The first-order valence-corrected chi connectivity index (χ1v) is 11.7. The highest BCUT2D eigenvalue weighted by atomic mass is 79.9. The van der Waals surface area contributed by atoms with Gasteiger partial charge in [0.15, 0.2) is 17.3 Å². The van der Waals surface area contributed by atoms with Crippen LogP contribution in [0.3, 0.4) is 0 Å². The lowest BCUT2D eigenvalue weighted by Gasteiger charge is -2.10. The molecule has 0 unspecified atom stereocenters. The van der Waals surface area contributed by atoms with Gasteiger partial charge in [-0.2, -0.15) is 9.78 Å². The van der Waals surface area contributed by atoms with Crippen LogP contribution in [0.2, 0.25) is 0 Å². The van der Waals surface area contributed by atoms with E-state index in [0.29, 0.717) is 45.1 Å². The van der Waals surface area contributed by atoms with E-state index >= 15 is 0 Å². The zero-order chi connectivity index (χ0) is 23.8. The van der Waals surface area contributed by atoms with Crippen LogP contribution in [-0.4, -0.2) is 30.1 Å². The highest BCUT2D eigenvalue weighted by Crippen LogP contribution is 2.33. The Morgan fingerprint density at radius 1 is 1.00 bits per heavy atom. The minimum Gasteiger partial charge on any atom is -0.493 e. The molecule has 5 rings (SSSR count). The Bertz CT molecular complexity index is 1640. The number of hydrogen-bond donors (Lipinski definition) is 0. The summed E-state index contributed by atoms with van der Waals surface area (Å²) < 4.78 is 19.7. The summed E-state index contributed by atoms with van der Waals surface area (Å²) >= 11 is 7.00. The van der Waals surface area contributed by atoms with Gasteiger partial charge in [-0.3, -0.25) is 4.79 Å². The summed E-state index contributed by atoms with van der Waals surface area (Å²) in [5, 5.41) is 5.84. The van der Waals surface area contributed by atoms with Gasteiger partial charge in [0, 0.05) is 19.9 Å². The van der Waals surface area contributed by atoms with Crippen LogP contribution in [0.15, 0.2) is 83.9 Å². The van der Waals surface area contributed by atoms with Crippen molar-refractivity contribution in [3.05, 3.63) is 85.5 Å².